The number of carbonyl (C=O) groups excluding carboxylic acids is 2. The van der Waals surface area contributed by atoms with E-state index in [9.17, 15) is 9.59 Å². The fraction of sp³-hybridized carbons (Fsp3) is 0.481. The molecule has 2 heterocycles. The number of unbranched alkanes of at least 4 members (excludes halogenated alkanes) is 2. The third-order valence-corrected chi connectivity index (χ3v) is 6.24. The van der Waals surface area contributed by atoms with Gasteiger partial charge in [0.15, 0.2) is 5.75 Å². The topological polar surface area (TPSA) is 61.8 Å². The van der Waals surface area contributed by atoms with E-state index in [0.717, 1.165) is 53.5 Å². The largest absolute Gasteiger partial charge is 0.482 e. The van der Waals surface area contributed by atoms with E-state index < -0.39 is 17.4 Å². The Morgan fingerprint density at radius 3 is 2.44 bits per heavy atom. The summed E-state index contributed by atoms with van der Waals surface area (Å²) >= 11 is 0. The number of fused-ring (bicyclic) bond motifs is 5. The minimum atomic E-state index is -1.34. The van der Waals surface area contributed by atoms with Gasteiger partial charge in [-0.1, -0.05) is 43.5 Å². The molecule has 2 aromatic rings. The first-order valence-corrected chi connectivity index (χ1v) is 11.5. The summed E-state index contributed by atoms with van der Waals surface area (Å²) in [7, 11) is 0. The molecule has 1 atom stereocenters. The molecule has 0 saturated carbocycles. The maximum absolute atomic E-state index is 13.3. The normalized spacial score (nSPS) is 20.2. The van der Waals surface area contributed by atoms with Crippen molar-refractivity contribution in [1.29, 1.82) is 0 Å². The van der Waals surface area contributed by atoms with Gasteiger partial charge in [-0.25, -0.2) is 4.79 Å². The van der Waals surface area contributed by atoms with Crippen molar-refractivity contribution in [2.45, 2.75) is 85.0 Å². The number of carbonyl (C=O) groups is 2. The van der Waals surface area contributed by atoms with Crippen LogP contribution in [-0.4, -0.2) is 17.5 Å². The number of benzene rings is 2. The van der Waals surface area contributed by atoms with Crippen LogP contribution in [0.1, 0.15) is 87.4 Å². The van der Waals surface area contributed by atoms with Crippen LogP contribution in [0.15, 0.2) is 24.3 Å². The molecule has 1 unspecified atom stereocenters. The van der Waals surface area contributed by atoms with Crippen molar-refractivity contribution in [2.75, 3.05) is 0 Å². The third kappa shape index (κ3) is 3.89. The molecule has 0 spiro atoms. The van der Waals surface area contributed by atoms with E-state index in [2.05, 4.69) is 39.0 Å². The number of cyclic esters (lactones) is 1. The summed E-state index contributed by atoms with van der Waals surface area (Å²) < 4.78 is 18.5. The average Bonchev–Trinajstić information content (AvgIpc) is 2.65. The van der Waals surface area contributed by atoms with Crippen LogP contribution in [0.4, 0.5) is 0 Å². The van der Waals surface area contributed by atoms with Crippen molar-refractivity contribution in [3.8, 4) is 22.6 Å². The van der Waals surface area contributed by atoms with Gasteiger partial charge in [0.05, 0.1) is 12.0 Å². The van der Waals surface area contributed by atoms with E-state index in [1.165, 1.54) is 6.92 Å². The Labute approximate surface area is 190 Å². The Bertz CT molecular complexity index is 1100. The summed E-state index contributed by atoms with van der Waals surface area (Å²) in [6.07, 6.45) is 3.83. The van der Waals surface area contributed by atoms with Crippen molar-refractivity contribution in [3.63, 3.8) is 0 Å². The highest BCUT2D eigenvalue weighted by atomic mass is 16.7. The van der Waals surface area contributed by atoms with Gasteiger partial charge < -0.3 is 14.2 Å². The first-order chi connectivity index (χ1) is 15.0. The molecule has 32 heavy (non-hydrogen) atoms. The monoisotopic (exact) mass is 436 g/mol. The van der Waals surface area contributed by atoms with Gasteiger partial charge in [0, 0.05) is 12.5 Å². The van der Waals surface area contributed by atoms with E-state index in [-0.39, 0.29) is 12.2 Å². The molecule has 0 aromatic heterocycles. The second kappa shape index (κ2) is 7.95. The predicted octanol–water partition coefficient (Wildman–Crippen LogP) is 6.27. The van der Waals surface area contributed by atoms with Crippen molar-refractivity contribution in [3.05, 3.63) is 46.5 Å². The zero-order valence-corrected chi connectivity index (χ0v) is 19.9. The Hall–Kier alpha value is -2.82. The van der Waals surface area contributed by atoms with Gasteiger partial charge in [0.25, 0.3) is 5.79 Å². The summed E-state index contributed by atoms with van der Waals surface area (Å²) in [6, 6.07) is 8.23. The Kier molecular flexibility index (Phi) is 5.56. The van der Waals surface area contributed by atoms with Crippen molar-refractivity contribution in [2.24, 2.45) is 0 Å². The first kappa shape index (κ1) is 22.4. The fourth-order valence-corrected chi connectivity index (χ4v) is 4.84. The lowest BCUT2D eigenvalue weighted by Gasteiger charge is -2.40. The lowest BCUT2D eigenvalue weighted by atomic mass is 9.82. The van der Waals surface area contributed by atoms with Crippen LogP contribution >= 0.6 is 0 Å². The molecular weight excluding hydrogens is 404 g/mol. The first-order valence-electron chi connectivity index (χ1n) is 11.5. The number of ether oxygens (including phenoxy) is 3. The lowest BCUT2D eigenvalue weighted by Crippen LogP contribution is -2.44. The van der Waals surface area contributed by atoms with E-state index in [1.807, 2.05) is 13.0 Å². The van der Waals surface area contributed by atoms with Gasteiger partial charge in [-0.05, 0) is 57.7 Å². The van der Waals surface area contributed by atoms with E-state index in [1.54, 1.807) is 6.92 Å². The van der Waals surface area contributed by atoms with Crippen molar-refractivity contribution >= 4 is 11.8 Å². The van der Waals surface area contributed by atoms with Gasteiger partial charge in [-0.15, -0.1) is 0 Å². The second-order valence-corrected chi connectivity index (χ2v) is 9.74. The summed E-state index contributed by atoms with van der Waals surface area (Å²) in [5, 5.41) is 0. The van der Waals surface area contributed by atoms with Crippen LogP contribution < -0.4 is 9.47 Å². The molecule has 0 saturated heterocycles. The maximum atomic E-state index is 13.3. The molecule has 2 aliphatic heterocycles. The lowest BCUT2D eigenvalue weighted by molar-refractivity contribution is -0.155. The molecule has 0 amide bonds. The number of hydrogen-bond acceptors (Lipinski definition) is 5. The molecule has 0 fully saturated rings. The smallest absolute Gasteiger partial charge is 0.345 e. The van der Waals surface area contributed by atoms with Crippen LogP contribution in [-0.2, 0) is 21.6 Å². The molecule has 0 aliphatic carbocycles. The van der Waals surface area contributed by atoms with Gasteiger partial charge in [0.2, 0.25) is 0 Å². The summed E-state index contributed by atoms with van der Waals surface area (Å²) in [5.41, 5.74) is 4.70. The quantitative estimate of drug-likeness (QED) is 0.395. The molecule has 170 valence electrons. The molecule has 4 rings (SSSR count). The average molecular weight is 437 g/mol. The van der Waals surface area contributed by atoms with Crippen LogP contribution in [0.3, 0.4) is 0 Å². The summed E-state index contributed by atoms with van der Waals surface area (Å²) in [4.78, 5) is 25.2. The number of esters is 1. The zero-order chi connectivity index (χ0) is 23.3. The van der Waals surface area contributed by atoms with Gasteiger partial charge in [0.1, 0.15) is 22.7 Å². The Morgan fingerprint density at radius 1 is 1.00 bits per heavy atom. The molecule has 0 N–H and O–H groups in total. The number of aryl methyl sites for hydroxylation is 2. The Morgan fingerprint density at radius 2 is 1.75 bits per heavy atom. The molecule has 5 nitrogen and oxygen atoms in total. The highest BCUT2D eigenvalue weighted by Crippen LogP contribution is 2.54. The standard InChI is InChI=1S/C27H32O5/c1-7-8-9-10-18-14-21-23(19-13-16(2)11-12-20(19)26(4,5)30-21)24-22(18)25(29)32-27(6,31-24)15-17(3)28/h11-14H,7-10,15H2,1-6H3. The molecule has 2 aromatic carbocycles. The van der Waals surface area contributed by atoms with Crippen LogP contribution in [0.25, 0.3) is 11.1 Å². The van der Waals surface area contributed by atoms with Crippen molar-refractivity contribution in [1.82, 2.24) is 0 Å². The highest BCUT2D eigenvalue weighted by molar-refractivity contribution is 6.01. The van der Waals surface area contributed by atoms with E-state index >= 15 is 0 Å². The fourth-order valence-electron chi connectivity index (χ4n) is 4.84. The number of rotatable bonds is 6. The SMILES string of the molecule is CCCCCc1cc2c(c3c1C(=O)OC(C)(CC(C)=O)O3)-c1cc(C)ccc1C(C)(C)O2. The van der Waals surface area contributed by atoms with E-state index in [0.29, 0.717) is 17.1 Å². The third-order valence-electron chi connectivity index (χ3n) is 6.24. The van der Waals surface area contributed by atoms with Crippen LogP contribution in [0, 0.1) is 6.92 Å². The number of hydrogen-bond donors (Lipinski definition) is 0. The molecule has 2 aliphatic rings. The zero-order valence-electron chi connectivity index (χ0n) is 19.9. The number of ketones is 1. The summed E-state index contributed by atoms with van der Waals surface area (Å²) in [5.74, 6) is -0.717. The second-order valence-electron chi connectivity index (χ2n) is 9.74. The molecule has 0 bridgehead atoms. The van der Waals surface area contributed by atoms with Gasteiger partial charge in [-0.3, -0.25) is 4.79 Å². The van der Waals surface area contributed by atoms with Gasteiger partial charge in [-0.2, -0.15) is 0 Å². The summed E-state index contributed by atoms with van der Waals surface area (Å²) in [6.45, 7) is 11.4. The number of Topliss-reactive ketones (excluding diaryl/α,β-unsaturated/α-hetero) is 1. The predicted molar refractivity (Wildman–Crippen MR) is 123 cm³/mol. The Balaban J connectivity index is 1.97. The molecule has 5 heteroatoms. The van der Waals surface area contributed by atoms with E-state index in [4.69, 9.17) is 14.2 Å². The maximum Gasteiger partial charge on any atom is 0.345 e. The molecule has 0 radical (unpaired) electrons. The molecular formula is C27H32O5. The highest BCUT2D eigenvalue weighted by Gasteiger charge is 2.45. The minimum absolute atomic E-state index is 0.0138. The van der Waals surface area contributed by atoms with Crippen LogP contribution in [0.2, 0.25) is 0 Å². The minimum Gasteiger partial charge on any atom is -0.482 e. The van der Waals surface area contributed by atoms with Crippen LogP contribution in [0.5, 0.6) is 11.5 Å². The van der Waals surface area contributed by atoms with Gasteiger partial charge >= 0.3 is 5.97 Å². The van der Waals surface area contributed by atoms with Crippen molar-refractivity contribution < 1.29 is 23.8 Å².